The zero-order chi connectivity index (χ0) is 38.7. The van der Waals surface area contributed by atoms with Crippen LogP contribution >= 0.6 is 0 Å². The summed E-state index contributed by atoms with van der Waals surface area (Å²) in [6.07, 6.45) is 9.86. The predicted molar refractivity (Wildman–Crippen MR) is 196 cm³/mol. The van der Waals surface area contributed by atoms with Crippen LogP contribution in [0.25, 0.3) is 0 Å². The van der Waals surface area contributed by atoms with Crippen molar-refractivity contribution in [3.05, 3.63) is 59.7 Å². The molecule has 0 spiro atoms. The van der Waals surface area contributed by atoms with Gasteiger partial charge in [0.05, 0.1) is 0 Å². The molecule has 53 heavy (non-hydrogen) atoms. The SMILES string of the molecule is CCCCCC1CCC(CCc2ccc(OC(F)(F)C(F)F)cc2)CC1.CCCCCCC1CCC(CCc2ccc(OC(F)(F)C(F)F)cc2)CC1. The lowest BCUT2D eigenvalue weighted by Crippen LogP contribution is -2.33. The summed E-state index contributed by atoms with van der Waals surface area (Å²) < 4.78 is 108. The number of ether oxygens (including phenoxy) is 2. The molecule has 2 nitrogen and oxygen atoms in total. The Morgan fingerprint density at radius 1 is 0.472 bits per heavy atom. The molecule has 0 heterocycles. The lowest BCUT2D eigenvalue weighted by atomic mass is 9.78. The molecular weight excluding hydrogens is 700 g/mol. The third-order valence-corrected chi connectivity index (χ3v) is 11.2. The lowest BCUT2D eigenvalue weighted by Gasteiger charge is -2.28. The Hall–Kier alpha value is -2.52. The summed E-state index contributed by atoms with van der Waals surface area (Å²) in [4.78, 5) is 0. The number of rotatable bonds is 21. The van der Waals surface area contributed by atoms with Crippen LogP contribution in [0.4, 0.5) is 35.1 Å². The number of benzene rings is 2. The van der Waals surface area contributed by atoms with Crippen molar-refractivity contribution in [2.75, 3.05) is 0 Å². The standard InChI is InChI=1S/C22H32F4O.C21H30F4O/c1-2-3-4-5-6-17-7-9-18(10-8-17)11-12-19-13-15-20(16-14-19)27-22(25,26)21(23)24;1-2-3-4-5-16-6-8-17(9-7-16)10-11-18-12-14-19(15-13-18)26-21(24,25)20(22)23/h13-18,21H,2-12H2,1H3;12-17,20H,2-11H2,1H3. The second-order valence-corrected chi connectivity index (χ2v) is 15.4. The predicted octanol–water partition coefficient (Wildman–Crippen LogP) is 14.9. The minimum Gasteiger partial charge on any atom is -0.428 e. The highest BCUT2D eigenvalue weighted by Crippen LogP contribution is 2.36. The second-order valence-electron chi connectivity index (χ2n) is 15.4. The van der Waals surface area contributed by atoms with E-state index < -0.39 is 25.1 Å². The van der Waals surface area contributed by atoms with Crippen LogP contribution in [0.3, 0.4) is 0 Å². The average Bonchev–Trinajstić information content (AvgIpc) is 3.14. The van der Waals surface area contributed by atoms with Gasteiger partial charge in [-0.05, 0) is 84.7 Å². The van der Waals surface area contributed by atoms with Gasteiger partial charge in [0.25, 0.3) is 0 Å². The van der Waals surface area contributed by atoms with Gasteiger partial charge < -0.3 is 9.47 Å². The molecule has 0 amide bonds. The molecular formula is C43H62F8O2. The van der Waals surface area contributed by atoms with E-state index in [9.17, 15) is 35.1 Å². The molecule has 2 saturated carbocycles. The summed E-state index contributed by atoms with van der Waals surface area (Å²) in [7, 11) is 0. The second kappa shape index (κ2) is 23.4. The highest BCUT2D eigenvalue weighted by Gasteiger charge is 2.44. The van der Waals surface area contributed by atoms with Crippen molar-refractivity contribution < 1.29 is 44.6 Å². The number of alkyl halides is 8. The van der Waals surface area contributed by atoms with E-state index in [4.69, 9.17) is 0 Å². The maximum absolute atomic E-state index is 12.9. The van der Waals surface area contributed by atoms with E-state index in [2.05, 4.69) is 23.3 Å². The van der Waals surface area contributed by atoms with Crippen molar-refractivity contribution in [3.8, 4) is 11.5 Å². The van der Waals surface area contributed by atoms with E-state index in [-0.39, 0.29) is 11.5 Å². The summed E-state index contributed by atoms with van der Waals surface area (Å²) in [5, 5.41) is 0. The van der Waals surface area contributed by atoms with Gasteiger partial charge in [-0.2, -0.15) is 35.1 Å². The van der Waals surface area contributed by atoms with Gasteiger partial charge in [-0.3, -0.25) is 0 Å². The third kappa shape index (κ3) is 17.2. The first kappa shape index (κ1) is 44.9. The number of halogens is 8. The van der Waals surface area contributed by atoms with E-state index in [0.29, 0.717) is 0 Å². The molecule has 0 N–H and O–H groups in total. The van der Waals surface area contributed by atoms with Crippen molar-refractivity contribution in [1.29, 1.82) is 0 Å². The van der Waals surface area contributed by atoms with E-state index >= 15 is 0 Å². The smallest absolute Gasteiger partial charge is 0.428 e. The van der Waals surface area contributed by atoms with Crippen LogP contribution in [0.5, 0.6) is 11.5 Å². The van der Waals surface area contributed by atoms with E-state index in [1.54, 1.807) is 24.3 Å². The Balaban J connectivity index is 0.000000286. The Kier molecular flexibility index (Phi) is 19.8. The van der Waals surface area contributed by atoms with Gasteiger partial charge in [0.1, 0.15) is 11.5 Å². The van der Waals surface area contributed by atoms with Crippen molar-refractivity contribution in [2.24, 2.45) is 23.7 Å². The monoisotopic (exact) mass is 762 g/mol. The van der Waals surface area contributed by atoms with E-state index in [1.165, 1.54) is 133 Å². The number of aryl methyl sites for hydroxylation is 2. The van der Waals surface area contributed by atoms with Crippen molar-refractivity contribution >= 4 is 0 Å². The van der Waals surface area contributed by atoms with Crippen LogP contribution in [-0.2, 0) is 12.8 Å². The Bertz CT molecular complexity index is 1220. The van der Waals surface area contributed by atoms with Crippen LogP contribution in [0.1, 0.15) is 147 Å². The van der Waals surface area contributed by atoms with Gasteiger partial charge in [-0.15, -0.1) is 0 Å². The third-order valence-electron chi connectivity index (χ3n) is 11.2. The molecule has 0 saturated heterocycles. The summed E-state index contributed by atoms with van der Waals surface area (Å²) >= 11 is 0. The van der Waals surface area contributed by atoms with Gasteiger partial charge in [-0.1, -0.05) is 147 Å². The molecule has 2 aliphatic rings. The number of hydrogen-bond acceptors (Lipinski definition) is 2. The maximum Gasteiger partial charge on any atom is 0.461 e. The van der Waals surface area contributed by atoms with Crippen LogP contribution in [0.15, 0.2) is 48.5 Å². The molecule has 2 aromatic carbocycles. The minimum absolute atomic E-state index is 0.229. The molecule has 0 atom stereocenters. The Morgan fingerprint density at radius 3 is 1.09 bits per heavy atom. The average molecular weight is 763 g/mol. The van der Waals surface area contributed by atoms with Crippen LogP contribution < -0.4 is 9.47 Å². The zero-order valence-electron chi connectivity index (χ0n) is 31.8. The first-order valence-electron chi connectivity index (χ1n) is 20.2. The zero-order valence-corrected chi connectivity index (χ0v) is 31.8. The molecule has 4 rings (SSSR count). The van der Waals surface area contributed by atoms with Crippen LogP contribution in [0, 0.1) is 23.7 Å². The number of unbranched alkanes of at least 4 members (excludes halogenated alkanes) is 5. The molecule has 0 radical (unpaired) electrons. The number of hydrogen-bond donors (Lipinski definition) is 0. The summed E-state index contributed by atoms with van der Waals surface area (Å²) in [6, 6.07) is 12.1. The minimum atomic E-state index is -4.45. The first-order chi connectivity index (χ1) is 25.3. The van der Waals surface area contributed by atoms with Crippen LogP contribution in [-0.4, -0.2) is 25.1 Å². The molecule has 10 heteroatoms. The fraction of sp³-hybridized carbons (Fsp3) is 0.721. The van der Waals surface area contributed by atoms with Gasteiger partial charge in [0.15, 0.2) is 0 Å². The topological polar surface area (TPSA) is 18.5 Å². The summed E-state index contributed by atoms with van der Waals surface area (Å²) in [5.41, 5.74) is 2.06. The lowest BCUT2D eigenvalue weighted by molar-refractivity contribution is -0.253. The van der Waals surface area contributed by atoms with Crippen molar-refractivity contribution in [3.63, 3.8) is 0 Å². The molecule has 0 aromatic heterocycles. The van der Waals surface area contributed by atoms with Crippen LogP contribution in [0.2, 0.25) is 0 Å². The first-order valence-corrected chi connectivity index (χ1v) is 20.2. The molecule has 2 fully saturated rings. The normalized spacial score (nSPS) is 21.0. The summed E-state index contributed by atoms with van der Waals surface area (Å²) in [5.74, 6) is 2.79. The van der Waals surface area contributed by atoms with E-state index in [1.807, 2.05) is 0 Å². The summed E-state index contributed by atoms with van der Waals surface area (Å²) in [6.45, 7) is 4.48. The molecule has 302 valence electrons. The van der Waals surface area contributed by atoms with Gasteiger partial charge in [-0.25, -0.2) is 0 Å². The molecule has 2 aliphatic carbocycles. The molecule has 0 unspecified atom stereocenters. The van der Waals surface area contributed by atoms with Crippen molar-refractivity contribution in [1.82, 2.24) is 0 Å². The quantitative estimate of drug-likeness (QED) is 0.0931. The fourth-order valence-corrected chi connectivity index (χ4v) is 7.75. The molecule has 2 aromatic rings. The Morgan fingerprint density at radius 2 is 0.774 bits per heavy atom. The van der Waals surface area contributed by atoms with Gasteiger partial charge in [0, 0.05) is 0 Å². The molecule has 0 aliphatic heterocycles. The van der Waals surface area contributed by atoms with Gasteiger partial charge >= 0.3 is 25.1 Å². The largest absolute Gasteiger partial charge is 0.461 e. The van der Waals surface area contributed by atoms with Gasteiger partial charge in [0.2, 0.25) is 0 Å². The molecule has 0 bridgehead atoms. The maximum atomic E-state index is 12.9. The highest BCUT2D eigenvalue weighted by atomic mass is 19.3. The fourth-order valence-electron chi connectivity index (χ4n) is 7.75. The Labute approximate surface area is 312 Å². The van der Waals surface area contributed by atoms with Crippen molar-refractivity contribution in [2.45, 2.75) is 174 Å². The van der Waals surface area contributed by atoms with E-state index in [0.717, 1.165) is 60.5 Å². The highest BCUT2D eigenvalue weighted by molar-refractivity contribution is 5.28.